The van der Waals surface area contributed by atoms with Gasteiger partial charge < -0.3 is 20.1 Å². The molecule has 8 nitrogen and oxygen atoms in total. The standard InChI is InChI=1S/C32H37N3O5/c1-31(2,3)32(28(37)22-8-5-4-6-9-22)19-18-25(35(32)30(39)40)20-21-12-14-23(15-13-21)33-29(38)26-17-16-24-10-7-11-27(36)34(24)26/h4-15,25-26,28,37H,16-20H2,1-3H3,(H,33,38)(H,39,40)/t25-,26-,28+,32-/m0/s1. The van der Waals surface area contributed by atoms with Crippen LogP contribution in [-0.2, 0) is 17.6 Å². The van der Waals surface area contributed by atoms with E-state index < -0.39 is 29.2 Å². The Labute approximate surface area is 234 Å². The van der Waals surface area contributed by atoms with Crippen molar-refractivity contribution in [3.8, 4) is 0 Å². The highest BCUT2D eigenvalue weighted by atomic mass is 16.4. The summed E-state index contributed by atoms with van der Waals surface area (Å²) in [7, 11) is 0. The van der Waals surface area contributed by atoms with Gasteiger partial charge in [-0.2, -0.15) is 0 Å². The first-order valence-electron chi connectivity index (χ1n) is 13.9. The lowest BCUT2D eigenvalue weighted by Gasteiger charge is -2.51. The number of carbonyl (C=O) groups excluding carboxylic acids is 1. The first-order chi connectivity index (χ1) is 19.0. The van der Waals surface area contributed by atoms with Gasteiger partial charge in [-0.15, -0.1) is 0 Å². The van der Waals surface area contributed by atoms with Crippen LogP contribution in [0, 0.1) is 5.41 Å². The van der Waals surface area contributed by atoms with Gasteiger partial charge in [-0.3, -0.25) is 14.5 Å². The van der Waals surface area contributed by atoms with Crippen LogP contribution in [0.25, 0.3) is 0 Å². The topological polar surface area (TPSA) is 112 Å². The minimum atomic E-state index is -1.04. The van der Waals surface area contributed by atoms with E-state index in [1.807, 2.05) is 81.4 Å². The van der Waals surface area contributed by atoms with Crippen molar-refractivity contribution in [2.75, 3.05) is 5.32 Å². The number of amides is 2. The van der Waals surface area contributed by atoms with Gasteiger partial charge in [-0.1, -0.05) is 69.3 Å². The molecule has 2 aliphatic rings. The van der Waals surface area contributed by atoms with Crippen LogP contribution in [0.2, 0.25) is 0 Å². The van der Waals surface area contributed by atoms with Gasteiger partial charge in [-0.25, -0.2) is 4.79 Å². The van der Waals surface area contributed by atoms with Gasteiger partial charge >= 0.3 is 6.09 Å². The van der Waals surface area contributed by atoms with Crippen molar-refractivity contribution >= 4 is 17.7 Å². The molecule has 0 saturated carbocycles. The second-order valence-electron chi connectivity index (χ2n) is 12.0. The number of carbonyl (C=O) groups is 2. The zero-order valence-electron chi connectivity index (χ0n) is 23.2. The number of aliphatic hydroxyl groups is 1. The molecule has 3 N–H and O–H groups in total. The molecule has 0 radical (unpaired) electrons. The van der Waals surface area contributed by atoms with Gasteiger partial charge in [0.1, 0.15) is 12.1 Å². The third kappa shape index (κ3) is 4.81. The molecule has 8 heteroatoms. The lowest BCUT2D eigenvalue weighted by molar-refractivity contribution is -0.119. The molecule has 2 amide bonds. The molecule has 3 heterocycles. The van der Waals surface area contributed by atoms with Gasteiger partial charge in [0.15, 0.2) is 0 Å². The number of hydrogen-bond donors (Lipinski definition) is 3. The third-order valence-electron chi connectivity index (χ3n) is 8.78. The first kappa shape index (κ1) is 27.6. The number of rotatable bonds is 6. The lowest BCUT2D eigenvalue weighted by atomic mass is 9.67. The normalized spacial score (nSPS) is 23.1. The van der Waals surface area contributed by atoms with Crippen LogP contribution in [0.4, 0.5) is 10.5 Å². The molecule has 210 valence electrons. The van der Waals surface area contributed by atoms with Gasteiger partial charge in [-0.05, 0) is 66.8 Å². The Morgan fingerprint density at radius 3 is 2.35 bits per heavy atom. The number of likely N-dealkylation sites (tertiary alicyclic amines) is 1. The van der Waals surface area contributed by atoms with E-state index in [9.17, 15) is 24.6 Å². The summed E-state index contributed by atoms with van der Waals surface area (Å²) in [5.74, 6) is -0.225. The van der Waals surface area contributed by atoms with Crippen LogP contribution in [0.3, 0.4) is 0 Å². The number of benzene rings is 2. The van der Waals surface area contributed by atoms with E-state index in [1.165, 1.54) is 11.0 Å². The van der Waals surface area contributed by atoms with Crippen LogP contribution in [0.5, 0.6) is 0 Å². The summed E-state index contributed by atoms with van der Waals surface area (Å²) >= 11 is 0. The SMILES string of the molecule is CC(C)(C)[C@@]1([C@H](O)c2ccccc2)CC[C@@H](Cc2ccc(NC(=O)[C@@H]3CCc4cccc(=O)n43)cc2)N1C(=O)O. The maximum Gasteiger partial charge on any atom is 0.408 e. The van der Waals surface area contributed by atoms with Crippen molar-refractivity contribution in [1.82, 2.24) is 9.47 Å². The number of aromatic nitrogens is 1. The summed E-state index contributed by atoms with van der Waals surface area (Å²) in [6, 6.07) is 20.9. The van der Waals surface area contributed by atoms with Gasteiger partial charge in [0, 0.05) is 23.5 Å². The minimum Gasteiger partial charge on any atom is -0.465 e. The number of anilines is 1. The van der Waals surface area contributed by atoms with Gasteiger partial charge in [0.05, 0.1) is 5.54 Å². The average molecular weight is 544 g/mol. The number of aliphatic hydroxyl groups excluding tert-OH is 1. The van der Waals surface area contributed by atoms with Crippen molar-refractivity contribution in [1.29, 1.82) is 0 Å². The Hall–Kier alpha value is -3.91. The predicted molar refractivity (Wildman–Crippen MR) is 153 cm³/mol. The summed E-state index contributed by atoms with van der Waals surface area (Å²) in [4.78, 5) is 39.6. The molecule has 2 aliphatic heterocycles. The minimum absolute atomic E-state index is 0.172. The summed E-state index contributed by atoms with van der Waals surface area (Å²) < 4.78 is 1.57. The van der Waals surface area contributed by atoms with E-state index in [4.69, 9.17) is 0 Å². The van der Waals surface area contributed by atoms with Crippen molar-refractivity contribution in [2.45, 2.75) is 76.6 Å². The molecule has 1 saturated heterocycles. The van der Waals surface area contributed by atoms with E-state index in [1.54, 1.807) is 10.6 Å². The molecule has 1 fully saturated rings. The van der Waals surface area contributed by atoms with E-state index in [0.29, 0.717) is 43.4 Å². The van der Waals surface area contributed by atoms with Crippen molar-refractivity contribution in [2.24, 2.45) is 5.41 Å². The average Bonchev–Trinajstić information content (AvgIpc) is 3.53. The molecule has 3 aromatic rings. The third-order valence-corrected chi connectivity index (χ3v) is 8.78. The molecular formula is C32H37N3O5. The molecule has 40 heavy (non-hydrogen) atoms. The maximum absolute atomic E-state index is 13.0. The predicted octanol–water partition coefficient (Wildman–Crippen LogP) is 5.18. The Morgan fingerprint density at radius 2 is 1.70 bits per heavy atom. The number of hydrogen-bond acceptors (Lipinski definition) is 4. The summed E-state index contributed by atoms with van der Waals surface area (Å²) in [5, 5.41) is 25.0. The molecule has 1 aromatic heterocycles. The second kappa shape index (κ2) is 10.6. The highest BCUT2D eigenvalue weighted by molar-refractivity contribution is 5.94. The largest absolute Gasteiger partial charge is 0.465 e. The van der Waals surface area contributed by atoms with Gasteiger partial charge in [0.2, 0.25) is 5.91 Å². The van der Waals surface area contributed by atoms with Crippen LogP contribution < -0.4 is 10.9 Å². The van der Waals surface area contributed by atoms with E-state index in [0.717, 1.165) is 11.3 Å². The molecular weight excluding hydrogens is 506 g/mol. The number of pyridine rings is 1. The number of aryl methyl sites for hydroxylation is 1. The zero-order valence-corrected chi connectivity index (χ0v) is 23.2. The quantitative estimate of drug-likeness (QED) is 0.397. The fourth-order valence-electron chi connectivity index (χ4n) is 6.79. The Kier molecular flexibility index (Phi) is 7.31. The van der Waals surface area contributed by atoms with Crippen molar-refractivity contribution < 1.29 is 19.8 Å². The highest BCUT2D eigenvalue weighted by Crippen LogP contribution is 2.53. The molecule has 0 unspecified atom stereocenters. The summed E-state index contributed by atoms with van der Waals surface area (Å²) in [6.07, 6.45) is 0.917. The van der Waals surface area contributed by atoms with E-state index in [-0.39, 0.29) is 17.5 Å². The number of carboxylic acid groups (broad SMARTS) is 1. The fourth-order valence-corrected chi connectivity index (χ4v) is 6.79. The number of nitrogens with one attached hydrogen (secondary N) is 1. The number of fused-ring (bicyclic) bond motifs is 1. The maximum atomic E-state index is 13.0. The summed E-state index contributed by atoms with van der Waals surface area (Å²) in [5.41, 5.74) is 1.45. The smallest absolute Gasteiger partial charge is 0.408 e. The number of nitrogens with zero attached hydrogens (tertiary/aromatic N) is 2. The monoisotopic (exact) mass is 543 g/mol. The Morgan fingerprint density at radius 1 is 1.00 bits per heavy atom. The molecule has 2 aromatic carbocycles. The molecule has 4 atom stereocenters. The van der Waals surface area contributed by atoms with E-state index >= 15 is 0 Å². The summed E-state index contributed by atoms with van der Waals surface area (Å²) in [6.45, 7) is 5.98. The second-order valence-corrected chi connectivity index (χ2v) is 12.0. The highest BCUT2D eigenvalue weighted by Gasteiger charge is 2.59. The molecule has 0 spiro atoms. The zero-order chi connectivity index (χ0) is 28.7. The van der Waals surface area contributed by atoms with Crippen LogP contribution in [0.15, 0.2) is 77.6 Å². The molecule has 5 rings (SSSR count). The van der Waals surface area contributed by atoms with Gasteiger partial charge in [0.25, 0.3) is 5.56 Å². The lowest BCUT2D eigenvalue weighted by Crippen LogP contribution is -2.61. The molecule has 0 aliphatic carbocycles. The Bertz CT molecular complexity index is 1440. The van der Waals surface area contributed by atoms with Crippen molar-refractivity contribution in [3.63, 3.8) is 0 Å². The van der Waals surface area contributed by atoms with E-state index in [2.05, 4.69) is 5.32 Å². The fraction of sp³-hybridized carbons (Fsp3) is 0.406. The first-order valence-corrected chi connectivity index (χ1v) is 13.9. The van der Waals surface area contributed by atoms with Crippen LogP contribution in [0.1, 0.15) is 69.0 Å². The Balaban J connectivity index is 1.33. The van der Waals surface area contributed by atoms with Crippen LogP contribution in [-0.4, -0.2) is 43.3 Å². The molecule has 0 bridgehead atoms. The van der Waals surface area contributed by atoms with Crippen molar-refractivity contribution in [3.05, 3.63) is 100.0 Å². The van der Waals surface area contributed by atoms with Crippen LogP contribution >= 0.6 is 0 Å².